The van der Waals surface area contributed by atoms with Crippen molar-refractivity contribution in [3.05, 3.63) is 12.0 Å². The van der Waals surface area contributed by atoms with Crippen LogP contribution in [0.1, 0.15) is 19.7 Å². The van der Waals surface area contributed by atoms with Crippen LogP contribution in [0.15, 0.2) is 6.20 Å². The number of anilines is 1. The quantitative estimate of drug-likeness (QED) is 0.721. The minimum absolute atomic E-state index is 0.523. The molecule has 2 aromatic rings. The summed E-state index contributed by atoms with van der Waals surface area (Å²) in [5, 5.41) is 10.9. The molecule has 0 aromatic carbocycles. The molecule has 2 aromatic heterocycles. The smallest absolute Gasteiger partial charge is 0.201 e. The van der Waals surface area contributed by atoms with Gasteiger partial charge in [-0.1, -0.05) is 5.92 Å². The molecule has 0 radical (unpaired) electrons. The number of aryl methyl sites for hydroxylation is 1. The van der Waals surface area contributed by atoms with E-state index < -0.39 is 0 Å². The van der Waals surface area contributed by atoms with E-state index in [4.69, 9.17) is 5.73 Å². The lowest BCUT2D eigenvalue weighted by molar-refractivity contribution is 0.670. The second-order valence-electron chi connectivity index (χ2n) is 3.14. The van der Waals surface area contributed by atoms with Crippen LogP contribution >= 0.6 is 0 Å². The minimum atomic E-state index is 0.523. The Morgan fingerprint density at radius 3 is 3.00 bits per heavy atom. The van der Waals surface area contributed by atoms with E-state index in [1.807, 2.05) is 6.92 Å². The maximum Gasteiger partial charge on any atom is 0.201 e. The Hall–Kier alpha value is -2.29. The molecular weight excluding hydrogens is 204 g/mol. The molecule has 6 heteroatoms. The lowest BCUT2D eigenvalue weighted by Crippen LogP contribution is -2.02. The van der Waals surface area contributed by atoms with E-state index in [2.05, 4.69) is 32.1 Å². The SMILES string of the molecule is CC#Cc1nc(-c2cnn(CC)c2N)n[nH]1. The van der Waals surface area contributed by atoms with Crippen LogP contribution in [0.2, 0.25) is 0 Å². The summed E-state index contributed by atoms with van der Waals surface area (Å²) in [7, 11) is 0. The minimum Gasteiger partial charge on any atom is -0.383 e. The van der Waals surface area contributed by atoms with E-state index in [0.717, 1.165) is 12.1 Å². The van der Waals surface area contributed by atoms with Gasteiger partial charge >= 0.3 is 0 Å². The first-order valence-corrected chi connectivity index (χ1v) is 4.93. The molecule has 0 aliphatic heterocycles. The van der Waals surface area contributed by atoms with E-state index in [0.29, 0.717) is 17.5 Å². The Morgan fingerprint density at radius 2 is 2.38 bits per heavy atom. The first-order valence-electron chi connectivity index (χ1n) is 4.93. The number of hydrogen-bond donors (Lipinski definition) is 2. The van der Waals surface area contributed by atoms with Crippen molar-refractivity contribution in [2.75, 3.05) is 5.73 Å². The molecule has 0 unspecified atom stereocenters. The van der Waals surface area contributed by atoms with Gasteiger partial charge in [0.2, 0.25) is 5.82 Å². The number of H-pyrrole nitrogens is 1. The molecule has 0 amide bonds. The molecule has 0 fully saturated rings. The lowest BCUT2D eigenvalue weighted by Gasteiger charge is -1.98. The average molecular weight is 216 g/mol. The number of rotatable bonds is 2. The van der Waals surface area contributed by atoms with Crippen LogP contribution in [0.5, 0.6) is 0 Å². The molecule has 0 bridgehead atoms. The van der Waals surface area contributed by atoms with Crippen molar-refractivity contribution in [2.45, 2.75) is 20.4 Å². The van der Waals surface area contributed by atoms with Crippen molar-refractivity contribution < 1.29 is 0 Å². The third-order valence-electron chi connectivity index (χ3n) is 2.15. The summed E-state index contributed by atoms with van der Waals surface area (Å²) < 4.78 is 1.69. The van der Waals surface area contributed by atoms with Crippen LogP contribution in [0.3, 0.4) is 0 Å². The fourth-order valence-electron chi connectivity index (χ4n) is 1.38. The number of nitrogens with zero attached hydrogens (tertiary/aromatic N) is 4. The zero-order valence-electron chi connectivity index (χ0n) is 9.15. The second-order valence-corrected chi connectivity index (χ2v) is 3.14. The molecule has 0 saturated heterocycles. The summed E-state index contributed by atoms with van der Waals surface area (Å²) in [4.78, 5) is 4.21. The summed E-state index contributed by atoms with van der Waals surface area (Å²) in [5.74, 6) is 7.15. The summed E-state index contributed by atoms with van der Waals surface area (Å²) in [6.45, 7) is 4.43. The Kier molecular flexibility index (Phi) is 2.60. The summed E-state index contributed by atoms with van der Waals surface area (Å²) in [5.41, 5.74) is 6.62. The Balaban J connectivity index is 2.41. The van der Waals surface area contributed by atoms with Gasteiger partial charge in [0.1, 0.15) is 5.82 Å². The molecule has 3 N–H and O–H groups in total. The number of aromatic nitrogens is 5. The van der Waals surface area contributed by atoms with Gasteiger partial charge < -0.3 is 5.73 Å². The van der Waals surface area contributed by atoms with Gasteiger partial charge in [-0.2, -0.15) is 15.2 Å². The van der Waals surface area contributed by atoms with Gasteiger partial charge in [-0.05, 0) is 19.8 Å². The highest BCUT2D eigenvalue weighted by Crippen LogP contribution is 2.21. The number of aromatic amines is 1. The van der Waals surface area contributed by atoms with E-state index in [1.54, 1.807) is 17.8 Å². The molecule has 16 heavy (non-hydrogen) atoms. The van der Waals surface area contributed by atoms with Crippen LogP contribution < -0.4 is 5.73 Å². The van der Waals surface area contributed by atoms with Crippen LogP contribution in [0, 0.1) is 11.8 Å². The molecule has 2 rings (SSSR count). The van der Waals surface area contributed by atoms with Crippen LogP contribution in [-0.4, -0.2) is 25.0 Å². The zero-order valence-corrected chi connectivity index (χ0v) is 9.15. The van der Waals surface area contributed by atoms with Gasteiger partial charge in [0.15, 0.2) is 5.82 Å². The molecule has 82 valence electrons. The Morgan fingerprint density at radius 1 is 1.56 bits per heavy atom. The van der Waals surface area contributed by atoms with Crippen molar-refractivity contribution in [1.29, 1.82) is 0 Å². The van der Waals surface area contributed by atoms with E-state index >= 15 is 0 Å². The van der Waals surface area contributed by atoms with Crippen molar-refractivity contribution in [2.24, 2.45) is 0 Å². The number of nitrogens with one attached hydrogen (secondary N) is 1. The van der Waals surface area contributed by atoms with Crippen molar-refractivity contribution >= 4 is 5.82 Å². The Labute approximate surface area is 92.9 Å². The molecule has 2 heterocycles. The molecule has 0 saturated carbocycles. The van der Waals surface area contributed by atoms with Crippen LogP contribution in [0.25, 0.3) is 11.4 Å². The van der Waals surface area contributed by atoms with Crippen molar-refractivity contribution in [3.63, 3.8) is 0 Å². The molecule has 0 aliphatic carbocycles. The number of hydrogen-bond acceptors (Lipinski definition) is 4. The highest BCUT2D eigenvalue weighted by molar-refractivity contribution is 5.67. The maximum atomic E-state index is 5.90. The van der Waals surface area contributed by atoms with Crippen molar-refractivity contribution in [1.82, 2.24) is 25.0 Å². The maximum absolute atomic E-state index is 5.90. The topological polar surface area (TPSA) is 85.4 Å². The van der Waals surface area contributed by atoms with Gasteiger partial charge in [0.25, 0.3) is 0 Å². The first-order chi connectivity index (χ1) is 7.76. The molecule has 0 aliphatic rings. The van der Waals surface area contributed by atoms with Crippen molar-refractivity contribution in [3.8, 4) is 23.2 Å². The second kappa shape index (κ2) is 4.06. The normalized spacial score (nSPS) is 9.88. The zero-order chi connectivity index (χ0) is 11.5. The van der Waals surface area contributed by atoms with Gasteiger partial charge in [-0.3, -0.25) is 5.10 Å². The third kappa shape index (κ3) is 1.63. The summed E-state index contributed by atoms with van der Waals surface area (Å²) >= 11 is 0. The standard InChI is InChI=1S/C10H12N6/c1-3-5-8-13-10(15-14-8)7-6-12-16(4-2)9(7)11/h6H,4,11H2,1-2H3,(H,13,14,15). The van der Waals surface area contributed by atoms with E-state index in [-0.39, 0.29) is 0 Å². The summed E-state index contributed by atoms with van der Waals surface area (Å²) in [6.07, 6.45) is 1.66. The predicted molar refractivity (Wildman–Crippen MR) is 60.2 cm³/mol. The largest absolute Gasteiger partial charge is 0.383 e. The fourth-order valence-corrected chi connectivity index (χ4v) is 1.38. The lowest BCUT2D eigenvalue weighted by atomic mass is 10.3. The Bertz CT molecular complexity index is 553. The number of nitrogen functional groups attached to an aromatic ring is 1. The van der Waals surface area contributed by atoms with E-state index in [9.17, 15) is 0 Å². The van der Waals surface area contributed by atoms with E-state index in [1.165, 1.54) is 0 Å². The molecule has 0 atom stereocenters. The highest BCUT2D eigenvalue weighted by Gasteiger charge is 2.12. The monoisotopic (exact) mass is 216 g/mol. The highest BCUT2D eigenvalue weighted by atomic mass is 15.3. The molecule has 6 nitrogen and oxygen atoms in total. The predicted octanol–water partition coefficient (Wildman–Crippen LogP) is 0.642. The van der Waals surface area contributed by atoms with Crippen LogP contribution in [0.4, 0.5) is 5.82 Å². The first kappa shape index (κ1) is 10.2. The molecule has 0 spiro atoms. The van der Waals surface area contributed by atoms with Gasteiger partial charge in [0, 0.05) is 6.54 Å². The van der Waals surface area contributed by atoms with Crippen LogP contribution in [-0.2, 0) is 6.54 Å². The number of nitrogens with two attached hydrogens (primary N) is 1. The van der Waals surface area contributed by atoms with Gasteiger partial charge in [-0.25, -0.2) is 4.68 Å². The fraction of sp³-hybridized carbons (Fsp3) is 0.300. The summed E-state index contributed by atoms with van der Waals surface area (Å²) in [6, 6.07) is 0. The van der Waals surface area contributed by atoms with Gasteiger partial charge in [0.05, 0.1) is 11.8 Å². The van der Waals surface area contributed by atoms with Gasteiger partial charge in [-0.15, -0.1) is 0 Å². The average Bonchev–Trinajstić information content (AvgIpc) is 2.85. The third-order valence-corrected chi connectivity index (χ3v) is 2.15. The molecular formula is C10H12N6.